The van der Waals surface area contributed by atoms with Crippen molar-refractivity contribution in [2.24, 2.45) is 7.05 Å². The van der Waals surface area contributed by atoms with E-state index < -0.39 is 6.10 Å². The molecule has 102 valence electrons. The van der Waals surface area contributed by atoms with Gasteiger partial charge in [-0.1, -0.05) is 17.7 Å². The lowest BCUT2D eigenvalue weighted by atomic mass is 10.1. The van der Waals surface area contributed by atoms with E-state index in [9.17, 15) is 5.11 Å². The van der Waals surface area contributed by atoms with Crippen molar-refractivity contribution in [3.05, 3.63) is 47.2 Å². The topological polar surface area (TPSA) is 47.3 Å². The molecule has 19 heavy (non-hydrogen) atoms. The van der Waals surface area contributed by atoms with Gasteiger partial charge in [0.1, 0.15) is 12.4 Å². The molecule has 2 rings (SSSR count). The largest absolute Gasteiger partial charge is 0.491 e. The monoisotopic (exact) mass is 280 g/mol. The first-order valence-corrected chi connectivity index (χ1v) is 6.55. The van der Waals surface area contributed by atoms with Crippen LogP contribution in [0, 0.1) is 0 Å². The number of ether oxygens (including phenoxy) is 1. The number of hydrogen-bond donors (Lipinski definition) is 1. The highest BCUT2D eigenvalue weighted by molar-refractivity contribution is 6.30. The van der Waals surface area contributed by atoms with Crippen molar-refractivity contribution >= 4 is 11.6 Å². The Morgan fingerprint density at radius 1 is 1.47 bits per heavy atom. The lowest BCUT2D eigenvalue weighted by Crippen LogP contribution is -2.18. The van der Waals surface area contributed by atoms with E-state index in [2.05, 4.69) is 5.10 Å². The molecule has 0 saturated heterocycles. The van der Waals surface area contributed by atoms with Crippen LogP contribution in [-0.4, -0.2) is 27.6 Å². The molecule has 0 amide bonds. The van der Waals surface area contributed by atoms with Crippen molar-refractivity contribution in [3.8, 4) is 5.75 Å². The van der Waals surface area contributed by atoms with Crippen molar-refractivity contribution < 1.29 is 9.84 Å². The van der Waals surface area contributed by atoms with Crippen LogP contribution in [0.2, 0.25) is 5.02 Å². The van der Waals surface area contributed by atoms with Crippen LogP contribution in [0.15, 0.2) is 36.7 Å². The Kier molecular flexibility index (Phi) is 4.82. The molecule has 0 radical (unpaired) electrons. The van der Waals surface area contributed by atoms with E-state index in [0.717, 1.165) is 12.0 Å². The minimum Gasteiger partial charge on any atom is -0.491 e. The number of aromatic nitrogens is 2. The summed E-state index contributed by atoms with van der Waals surface area (Å²) in [7, 11) is 1.88. The highest BCUT2D eigenvalue weighted by Crippen LogP contribution is 2.17. The second kappa shape index (κ2) is 6.59. The summed E-state index contributed by atoms with van der Waals surface area (Å²) in [5.74, 6) is 0.674. The highest BCUT2D eigenvalue weighted by Gasteiger charge is 2.07. The van der Waals surface area contributed by atoms with Crippen molar-refractivity contribution in [3.63, 3.8) is 0 Å². The number of aliphatic hydroxyl groups excluding tert-OH is 1. The summed E-state index contributed by atoms with van der Waals surface area (Å²) in [6, 6.07) is 7.15. The van der Waals surface area contributed by atoms with Crippen molar-refractivity contribution in [2.45, 2.75) is 18.9 Å². The molecule has 1 heterocycles. The molecule has 0 saturated carbocycles. The maximum Gasteiger partial charge on any atom is 0.120 e. The highest BCUT2D eigenvalue weighted by atomic mass is 35.5. The van der Waals surface area contributed by atoms with Crippen LogP contribution in [0.5, 0.6) is 5.75 Å². The Hall–Kier alpha value is -1.52. The number of rotatable bonds is 6. The molecule has 0 spiro atoms. The van der Waals surface area contributed by atoms with Crippen LogP contribution < -0.4 is 4.74 Å². The Bertz CT molecular complexity index is 528. The first kappa shape index (κ1) is 13.9. The molecule has 1 atom stereocenters. The van der Waals surface area contributed by atoms with Gasteiger partial charge < -0.3 is 9.84 Å². The number of nitrogens with zero attached hydrogens (tertiary/aromatic N) is 2. The summed E-state index contributed by atoms with van der Waals surface area (Å²) in [6.45, 7) is 0.264. The van der Waals surface area contributed by atoms with E-state index >= 15 is 0 Å². The summed E-state index contributed by atoms with van der Waals surface area (Å²) in [5, 5.41) is 14.6. The van der Waals surface area contributed by atoms with Gasteiger partial charge in [-0.05, 0) is 36.6 Å². The predicted octanol–water partition coefficient (Wildman–Crippen LogP) is 2.45. The van der Waals surface area contributed by atoms with Gasteiger partial charge in [0.15, 0.2) is 0 Å². The van der Waals surface area contributed by atoms with Crippen LogP contribution in [0.4, 0.5) is 0 Å². The normalized spacial score (nSPS) is 12.4. The maximum absolute atomic E-state index is 9.86. The molecular formula is C14H17ClN2O2. The number of halogens is 1. The first-order valence-electron chi connectivity index (χ1n) is 6.17. The maximum atomic E-state index is 9.86. The van der Waals surface area contributed by atoms with E-state index in [-0.39, 0.29) is 6.61 Å². The third kappa shape index (κ3) is 4.58. The molecule has 1 unspecified atom stereocenters. The van der Waals surface area contributed by atoms with E-state index in [1.165, 1.54) is 0 Å². The van der Waals surface area contributed by atoms with Crippen molar-refractivity contribution in [1.29, 1.82) is 0 Å². The minimum absolute atomic E-state index is 0.264. The quantitative estimate of drug-likeness (QED) is 0.884. The van der Waals surface area contributed by atoms with Gasteiger partial charge >= 0.3 is 0 Å². The van der Waals surface area contributed by atoms with Crippen LogP contribution in [0.1, 0.15) is 12.0 Å². The Morgan fingerprint density at radius 3 is 3.00 bits per heavy atom. The zero-order valence-electron chi connectivity index (χ0n) is 10.8. The first-order chi connectivity index (χ1) is 9.13. The summed E-state index contributed by atoms with van der Waals surface area (Å²) in [6.07, 6.45) is 4.69. The Balaban J connectivity index is 1.74. The third-order valence-corrected chi connectivity index (χ3v) is 3.00. The second-order valence-corrected chi connectivity index (χ2v) is 4.92. The lowest BCUT2D eigenvalue weighted by molar-refractivity contribution is 0.100. The standard InChI is InChI=1S/C14H17ClN2O2/c1-17-9-11(8-16-17)5-6-13(18)10-19-14-4-2-3-12(15)7-14/h2-4,7-9,13,18H,5-6,10H2,1H3. The van der Waals surface area contributed by atoms with Gasteiger partial charge in [0.2, 0.25) is 0 Å². The van der Waals surface area contributed by atoms with E-state index in [0.29, 0.717) is 17.2 Å². The molecule has 0 aliphatic rings. The summed E-state index contributed by atoms with van der Waals surface area (Å²) >= 11 is 5.85. The molecule has 0 aliphatic heterocycles. The van der Waals surface area contributed by atoms with Gasteiger partial charge in [-0.15, -0.1) is 0 Å². The zero-order valence-corrected chi connectivity index (χ0v) is 11.5. The summed E-state index contributed by atoms with van der Waals surface area (Å²) in [4.78, 5) is 0. The summed E-state index contributed by atoms with van der Waals surface area (Å²) < 4.78 is 7.24. The van der Waals surface area contributed by atoms with Gasteiger partial charge in [-0.2, -0.15) is 5.10 Å². The fraction of sp³-hybridized carbons (Fsp3) is 0.357. The van der Waals surface area contributed by atoms with Gasteiger partial charge in [-0.25, -0.2) is 0 Å². The van der Waals surface area contributed by atoms with E-state index in [4.69, 9.17) is 16.3 Å². The van der Waals surface area contributed by atoms with Gasteiger partial charge in [-0.3, -0.25) is 4.68 Å². The SMILES string of the molecule is Cn1cc(CCC(O)COc2cccc(Cl)c2)cn1. The third-order valence-electron chi connectivity index (χ3n) is 2.76. The molecule has 0 aliphatic carbocycles. The molecule has 2 aromatic rings. The number of hydrogen-bond acceptors (Lipinski definition) is 3. The fourth-order valence-corrected chi connectivity index (χ4v) is 1.95. The lowest BCUT2D eigenvalue weighted by Gasteiger charge is -2.12. The molecule has 1 aromatic heterocycles. The molecular weight excluding hydrogens is 264 g/mol. The second-order valence-electron chi connectivity index (χ2n) is 4.48. The van der Waals surface area contributed by atoms with Gasteiger partial charge in [0.05, 0.1) is 12.3 Å². The summed E-state index contributed by atoms with van der Waals surface area (Å²) in [5.41, 5.74) is 1.12. The number of aryl methyl sites for hydroxylation is 2. The van der Waals surface area contributed by atoms with Gasteiger partial charge in [0, 0.05) is 18.3 Å². The zero-order chi connectivity index (χ0) is 13.7. The van der Waals surface area contributed by atoms with Crippen LogP contribution in [0.3, 0.4) is 0 Å². The van der Waals surface area contributed by atoms with Crippen molar-refractivity contribution in [1.82, 2.24) is 9.78 Å². The number of benzene rings is 1. The average Bonchev–Trinajstić information content (AvgIpc) is 2.80. The molecule has 1 aromatic carbocycles. The smallest absolute Gasteiger partial charge is 0.120 e. The fourth-order valence-electron chi connectivity index (χ4n) is 1.77. The molecule has 0 bridgehead atoms. The molecule has 4 nitrogen and oxygen atoms in total. The molecule has 5 heteroatoms. The average molecular weight is 281 g/mol. The van der Waals surface area contributed by atoms with E-state index in [1.54, 1.807) is 16.8 Å². The van der Waals surface area contributed by atoms with E-state index in [1.807, 2.05) is 31.6 Å². The van der Waals surface area contributed by atoms with Crippen LogP contribution in [-0.2, 0) is 13.5 Å². The van der Waals surface area contributed by atoms with Crippen molar-refractivity contribution in [2.75, 3.05) is 6.61 Å². The number of aliphatic hydroxyl groups is 1. The van der Waals surface area contributed by atoms with Gasteiger partial charge in [0.25, 0.3) is 0 Å². The Morgan fingerprint density at radius 2 is 2.32 bits per heavy atom. The predicted molar refractivity (Wildman–Crippen MR) is 74.5 cm³/mol. The van der Waals surface area contributed by atoms with Crippen LogP contribution in [0.25, 0.3) is 0 Å². The molecule has 1 N–H and O–H groups in total. The minimum atomic E-state index is -0.501. The molecule has 0 fully saturated rings. The Labute approximate surface area is 117 Å². The van der Waals surface area contributed by atoms with Crippen LogP contribution >= 0.6 is 11.6 Å².